The highest BCUT2D eigenvalue weighted by Gasteiger charge is 2.10. The number of hydrogen-bond acceptors (Lipinski definition) is 2. The number of amides is 1. The van der Waals surface area contributed by atoms with E-state index < -0.39 is 0 Å². The van der Waals surface area contributed by atoms with E-state index in [0.717, 1.165) is 22.2 Å². The summed E-state index contributed by atoms with van der Waals surface area (Å²) in [6, 6.07) is 24.9. The van der Waals surface area contributed by atoms with Gasteiger partial charge in [-0.1, -0.05) is 42.5 Å². The zero-order chi connectivity index (χ0) is 17.8. The molecule has 4 aromatic rings. The van der Waals surface area contributed by atoms with Crippen molar-refractivity contribution in [3.8, 4) is 5.75 Å². The number of nitrogens with one attached hydrogen (secondary N) is 2. The predicted molar refractivity (Wildman–Crippen MR) is 103 cm³/mol. The Morgan fingerprint density at radius 1 is 0.923 bits per heavy atom. The van der Waals surface area contributed by atoms with Gasteiger partial charge < -0.3 is 15.0 Å². The molecule has 0 spiro atoms. The van der Waals surface area contributed by atoms with Crippen LogP contribution in [0.15, 0.2) is 85.1 Å². The fourth-order valence-corrected chi connectivity index (χ4v) is 2.86. The number of fused-ring (bicyclic) bond motifs is 1. The van der Waals surface area contributed by atoms with Gasteiger partial charge in [-0.3, -0.25) is 4.79 Å². The topological polar surface area (TPSA) is 54.1 Å². The van der Waals surface area contributed by atoms with Crippen LogP contribution in [0.1, 0.15) is 15.9 Å². The summed E-state index contributed by atoms with van der Waals surface area (Å²) >= 11 is 0. The van der Waals surface area contributed by atoms with Crippen molar-refractivity contribution in [1.29, 1.82) is 0 Å². The maximum atomic E-state index is 12.6. The van der Waals surface area contributed by atoms with Crippen LogP contribution in [0.4, 0.5) is 5.69 Å². The SMILES string of the molecule is O=C(Nc1cccc2[nH]ccc12)c1cccc(OCc2ccccc2)c1. The van der Waals surface area contributed by atoms with Crippen LogP contribution in [0.5, 0.6) is 5.75 Å². The molecule has 4 nitrogen and oxygen atoms in total. The lowest BCUT2D eigenvalue weighted by atomic mass is 10.1. The van der Waals surface area contributed by atoms with Gasteiger partial charge in [-0.15, -0.1) is 0 Å². The van der Waals surface area contributed by atoms with Crippen LogP contribution >= 0.6 is 0 Å². The molecule has 0 aliphatic heterocycles. The molecule has 0 bridgehead atoms. The van der Waals surface area contributed by atoms with Crippen molar-refractivity contribution >= 4 is 22.5 Å². The van der Waals surface area contributed by atoms with Gasteiger partial charge in [0.2, 0.25) is 0 Å². The number of benzene rings is 3. The summed E-state index contributed by atoms with van der Waals surface area (Å²) in [4.78, 5) is 15.8. The number of carbonyl (C=O) groups excluding carboxylic acids is 1. The lowest BCUT2D eigenvalue weighted by Crippen LogP contribution is -2.12. The fourth-order valence-electron chi connectivity index (χ4n) is 2.86. The van der Waals surface area contributed by atoms with E-state index in [0.29, 0.717) is 17.9 Å². The minimum Gasteiger partial charge on any atom is -0.489 e. The quantitative estimate of drug-likeness (QED) is 0.536. The van der Waals surface area contributed by atoms with Crippen LogP contribution in [0.2, 0.25) is 0 Å². The molecule has 4 heteroatoms. The number of aromatic amines is 1. The van der Waals surface area contributed by atoms with Crippen LogP contribution in [0.3, 0.4) is 0 Å². The molecular formula is C22H18N2O2. The van der Waals surface area contributed by atoms with Crippen molar-refractivity contribution in [2.75, 3.05) is 5.32 Å². The summed E-state index contributed by atoms with van der Waals surface area (Å²) < 4.78 is 5.81. The molecule has 0 saturated carbocycles. The van der Waals surface area contributed by atoms with Crippen LogP contribution < -0.4 is 10.1 Å². The van der Waals surface area contributed by atoms with Crippen LogP contribution in [0, 0.1) is 0 Å². The first kappa shape index (κ1) is 16.0. The Hall–Kier alpha value is -3.53. The molecule has 2 N–H and O–H groups in total. The van der Waals surface area contributed by atoms with Crippen molar-refractivity contribution in [2.24, 2.45) is 0 Å². The number of hydrogen-bond donors (Lipinski definition) is 2. The third-order valence-electron chi connectivity index (χ3n) is 4.19. The molecule has 1 amide bonds. The second-order valence-electron chi connectivity index (χ2n) is 6.00. The van der Waals surface area contributed by atoms with Gasteiger partial charge in [0.15, 0.2) is 0 Å². The third-order valence-corrected chi connectivity index (χ3v) is 4.19. The highest BCUT2D eigenvalue weighted by Crippen LogP contribution is 2.23. The molecule has 0 atom stereocenters. The lowest BCUT2D eigenvalue weighted by Gasteiger charge is -2.09. The Balaban J connectivity index is 1.49. The van der Waals surface area contributed by atoms with Crippen molar-refractivity contribution in [1.82, 2.24) is 4.98 Å². The Morgan fingerprint density at radius 2 is 1.77 bits per heavy atom. The average Bonchev–Trinajstić information content (AvgIpc) is 3.17. The summed E-state index contributed by atoms with van der Waals surface area (Å²) in [6.07, 6.45) is 1.86. The first-order valence-corrected chi connectivity index (χ1v) is 8.44. The zero-order valence-electron chi connectivity index (χ0n) is 14.1. The molecular weight excluding hydrogens is 324 g/mol. The molecule has 0 aliphatic rings. The summed E-state index contributed by atoms with van der Waals surface area (Å²) in [5, 5.41) is 3.96. The van der Waals surface area contributed by atoms with Gasteiger partial charge in [-0.2, -0.15) is 0 Å². The van der Waals surface area contributed by atoms with E-state index in [9.17, 15) is 4.79 Å². The summed E-state index contributed by atoms with van der Waals surface area (Å²) in [5.41, 5.74) is 3.41. The Labute approximate surface area is 151 Å². The van der Waals surface area contributed by atoms with Gasteiger partial charge in [0.1, 0.15) is 12.4 Å². The van der Waals surface area contributed by atoms with Crippen LogP contribution in [-0.2, 0) is 6.61 Å². The Bertz CT molecular complexity index is 1040. The van der Waals surface area contributed by atoms with Crippen molar-refractivity contribution in [3.05, 3.63) is 96.2 Å². The number of rotatable bonds is 5. The largest absolute Gasteiger partial charge is 0.489 e. The number of H-pyrrole nitrogens is 1. The van der Waals surface area contributed by atoms with Gasteiger partial charge in [0.25, 0.3) is 5.91 Å². The van der Waals surface area contributed by atoms with Crippen LogP contribution in [0.25, 0.3) is 10.9 Å². The smallest absolute Gasteiger partial charge is 0.255 e. The van der Waals surface area contributed by atoms with E-state index in [1.807, 2.05) is 72.9 Å². The van der Waals surface area contributed by atoms with E-state index in [1.165, 1.54) is 0 Å². The molecule has 26 heavy (non-hydrogen) atoms. The molecule has 4 rings (SSSR count). The maximum absolute atomic E-state index is 12.6. The second-order valence-corrected chi connectivity index (χ2v) is 6.00. The Morgan fingerprint density at radius 3 is 2.65 bits per heavy atom. The average molecular weight is 342 g/mol. The first-order chi connectivity index (χ1) is 12.8. The number of ether oxygens (including phenoxy) is 1. The summed E-state index contributed by atoms with van der Waals surface area (Å²) in [6.45, 7) is 0.467. The minimum atomic E-state index is -0.163. The molecule has 0 unspecified atom stereocenters. The van der Waals surface area contributed by atoms with Gasteiger partial charge >= 0.3 is 0 Å². The fraction of sp³-hybridized carbons (Fsp3) is 0.0455. The highest BCUT2D eigenvalue weighted by molar-refractivity contribution is 6.08. The predicted octanol–water partition coefficient (Wildman–Crippen LogP) is 5.00. The number of carbonyl (C=O) groups is 1. The molecule has 1 aromatic heterocycles. The van der Waals surface area contributed by atoms with E-state index >= 15 is 0 Å². The molecule has 0 saturated heterocycles. The van der Waals surface area contributed by atoms with E-state index in [-0.39, 0.29) is 5.91 Å². The van der Waals surface area contributed by atoms with Gasteiger partial charge in [-0.05, 0) is 42.0 Å². The molecule has 0 radical (unpaired) electrons. The third kappa shape index (κ3) is 3.44. The molecule has 0 aliphatic carbocycles. The van der Waals surface area contributed by atoms with Crippen LogP contribution in [-0.4, -0.2) is 10.9 Å². The van der Waals surface area contributed by atoms with Gasteiger partial charge in [0, 0.05) is 22.7 Å². The second kappa shape index (κ2) is 7.15. The number of aromatic nitrogens is 1. The molecule has 3 aromatic carbocycles. The monoisotopic (exact) mass is 342 g/mol. The standard InChI is InChI=1S/C22H18N2O2/c25-22(24-21-11-5-10-20-19(21)12-13-23-20)17-8-4-9-18(14-17)26-15-16-6-2-1-3-7-16/h1-14,23H,15H2,(H,24,25). The maximum Gasteiger partial charge on any atom is 0.255 e. The van der Waals surface area contributed by atoms with Crippen molar-refractivity contribution < 1.29 is 9.53 Å². The molecule has 1 heterocycles. The normalized spacial score (nSPS) is 10.6. The zero-order valence-corrected chi connectivity index (χ0v) is 14.1. The molecule has 0 fully saturated rings. The summed E-state index contributed by atoms with van der Waals surface area (Å²) in [5.74, 6) is 0.505. The van der Waals surface area contributed by atoms with E-state index in [4.69, 9.17) is 4.74 Å². The minimum absolute atomic E-state index is 0.163. The van der Waals surface area contributed by atoms with Gasteiger partial charge in [-0.25, -0.2) is 0 Å². The van der Waals surface area contributed by atoms with Gasteiger partial charge in [0.05, 0.1) is 5.69 Å². The highest BCUT2D eigenvalue weighted by atomic mass is 16.5. The van der Waals surface area contributed by atoms with E-state index in [2.05, 4.69) is 10.3 Å². The first-order valence-electron chi connectivity index (χ1n) is 8.44. The van der Waals surface area contributed by atoms with Crippen molar-refractivity contribution in [2.45, 2.75) is 6.61 Å². The number of anilines is 1. The lowest BCUT2D eigenvalue weighted by molar-refractivity contribution is 0.102. The van der Waals surface area contributed by atoms with Crippen molar-refractivity contribution in [3.63, 3.8) is 0 Å². The van der Waals surface area contributed by atoms with E-state index in [1.54, 1.807) is 12.1 Å². The molecule has 128 valence electrons. The Kier molecular flexibility index (Phi) is 4.39. The summed E-state index contributed by atoms with van der Waals surface area (Å²) in [7, 11) is 0.